The molecule has 1 aliphatic rings. The third kappa shape index (κ3) is 26.2. The quantitative estimate of drug-likeness (QED) is 0.137. The fourth-order valence-corrected chi connectivity index (χ4v) is 2.68. The smallest absolute Gasteiger partial charge is 0.324 e. The number of nitrogens with zero attached hydrogens (tertiary/aromatic N) is 1. The van der Waals surface area contributed by atoms with Crippen molar-refractivity contribution < 1.29 is 34.4 Å². The van der Waals surface area contributed by atoms with Crippen LogP contribution in [0, 0.1) is 11.8 Å². The minimum atomic E-state index is -1.50. The maximum absolute atomic E-state index is 11.1. The highest BCUT2D eigenvalue weighted by Gasteiger charge is 2.28. The second kappa shape index (κ2) is 20.5. The summed E-state index contributed by atoms with van der Waals surface area (Å²) in [5.41, 5.74) is 0. The van der Waals surface area contributed by atoms with E-state index >= 15 is 0 Å². The molecular weight excluding hydrogens is 411 g/mol. The number of aliphatic hydroxyl groups is 3. The molecule has 30 heavy (non-hydrogen) atoms. The molecule has 2 unspecified atom stereocenters. The number of likely N-dealkylation sites (N-methyl/N-ethyl adjacent to an activating group) is 1. The third-order valence-electron chi connectivity index (χ3n) is 3.66. The molecule has 1 aliphatic carbocycles. The molecule has 0 aromatic carbocycles. The van der Waals surface area contributed by atoms with Gasteiger partial charge in [0.2, 0.25) is 12.3 Å². The van der Waals surface area contributed by atoms with Gasteiger partial charge in [-0.3, -0.25) is 9.59 Å². The van der Waals surface area contributed by atoms with Crippen molar-refractivity contribution in [2.75, 3.05) is 7.05 Å². The van der Waals surface area contributed by atoms with Crippen LogP contribution in [-0.2, 0) is 14.2 Å². The molecule has 9 nitrogen and oxygen atoms in total. The number of aliphatic hydroxyl groups excluding tert-OH is 1. The van der Waals surface area contributed by atoms with E-state index in [2.05, 4.69) is 19.2 Å². The Hall–Kier alpha value is -1.80. The number of nitrogens with one attached hydrogen (secondary N) is 1. The first-order chi connectivity index (χ1) is 13.9. The lowest BCUT2D eigenvalue weighted by molar-refractivity contribution is -0.127. The van der Waals surface area contributed by atoms with E-state index in [1.54, 1.807) is 31.1 Å². The van der Waals surface area contributed by atoms with Crippen molar-refractivity contribution in [1.29, 1.82) is 0 Å². The minimum Gasteiger partial charge on any atom is -0.516 e. The highest BCUT2D eigenvalue weighted by molar-refractivity contribution is 7.16. The Balaban J connectivity index is -0.000000499. The van der Waals surface area contributed by atoms with Gasteiger partial charge in [0.25, 0.3) is 0 Å². The van der Waals surface area contributed by atoms with Gasteiger partial charge in [-0.15, -0.1) is 0 Å². The van der Waals surface area contributed by atoms with E-state index in [4.69, 9.17) is 24.8 Å². The van der Waals surface area contributed by atoms with Crippen molar-refractivity contribution >= 4 is 21.0 Å². The van der Waals surface area contributed by atoms with Crippen LogP contribution in [0.4, 0.5) is 0 Å². The summed E-state index contributed by atoms with van der Waals surface area (Å²) in [6.45, 7) is 8.81. The van der Waals surface area contributed by atoms with E-state index in [0.29, 0.717) is 11.8 Å². The first-order valence-electron chi connectivity index (χ1n) is 9.69. The van der Waals surface area contributed by atoms with Gasteiger partial charge in [0.1, 0.15) is 0 Å². The van der Waals surface area contributed by atoms with Gasteiger partial charge in [-0.25, -0.2) is 4.57 Å². The van der Waals surface area contributed by atoms with Gasteiger partial charge in [-0.2, -0.15) is 0 Å². The molecule has 0 radical (unpaired) electrons. The lowest BCUT2D eigenvalue weighted by Gasteiger charge is -2.21. The summed E-state index contributed by atoms with van der Waals surface area (Å²) in [6, 6.07) is 0.257. The second-order valence-electron chi connectivity index (χ2n) is 7.50. The predicted molar refractivity (Wildman–Crippen MR) is 117 cm³/mol. The fourth-order valence-electron chi connectivity index (χ4n) is 2.68. The SMILES string of the molecule is C/C=C\O.CC(C)(O)O.CNC(=O)/C=C\N(C=O)C1CCC(CC(C)C)C1.O=PO. The van der Waals surface area contributed by atoms with Gasteiger partial charge in [-0.05, 0) is 58.3 Å². The van der Waals surface area contributed by atoms with Crippen LogP contribution >= 0.6 is 8.69 Å². The van der Waals surface area contributed by atoms with Gasteiger partial charge in [-0.1, -0.05) is 19.9 Å². The average molecular weight is 451 g/mol. The van der Waals surface area contributed by atoms with Crippen LogP contribution in [0.1, 0.15) is 60.3 Å². The molecule has 1 rings (SSSR count). The van der Waals surface area contributed by atoms with Crippen LogP contribution in [0.2, 0.25) is 0 Å². The van der Waals surface area contributed by atoms with Crippen LogP contribution in [0.25, 0.3) is 0 Å². The Morgan fingerprint density at radius 3 is 2.10 bits per heavy atom. The summed E-state index contributed by atoms with van der Waals surface area (Å²) in [6.07, 6.45) is 10.9. The van der Waals surface area contributed by atoms with Crippen molar-refractivity contribution in [3.05, 3.63) is 24.6 Å². The van der Waals surface area contributed by atoms with Gasteiger partial charge in [0, 0.05) is 25.4 Å². The summed E-state index contributed by atoms with van der Waals surface area (Å²) < 4.78 is 8.46. The van der Waals surface area contributed by atoms with E-state index in [0.717, 1.165) is 25.5 Å². The van der Waals surface area contributed by atoms with E-state index < -0.39 is 14.5 Å². The summed E-state index contributed by atoms with van der Waals surface area (Å²) in [7, 11) is 0.742. The Kier molecular flexibility index (Phi) is 22.4. The van der Waals surface area contributed by atoms with E-state index in [1.807, 2.05) is 0 Å². The monoisotopic (exact) mass is 450 g/mol. The zero-order valence-corrected chi connectivity index (χ0v) is 19.7. The Bertz CT molecular complexity index is 496. The Morgan fingerprint density at radius 2 is 1.77 bits per heavy atom. The minimum absolute atomic E-state index is 0.182. The zero-order chi connectivity index (χ0) is 24.2. The number of hydrogen-bond donors (Lipinski definition) is 5. The number of allylic oxidation sites excluding steroid dienone is 1. The molecule has 1 fully saturated rings. The lowest BCUT2D eigenvalue weighted by atomic mass is 9.96. The average Bonchev–Trinajstić information content (AvgIpc) is 3.09. The molecule has 0 bridgehead atoms. The van der Waals surface area contributed by atoms with Gasteiger partial charge in [0.15, 0.2) is 5.79 Å². The molecule has 5 N–H and O–H groups in total. The molecule has 0 aromatic heterocycles. The molecule has 0 aliphatic heterocycles. The second-order valence-corrected chi connectivity index (χ2v) is 7.67. The molecule has 10 heteroatoms. The largest absolute Gasteiger partial charge is 0.516 e. The first-order valence-corrected chi connectivity index (χ1v) is 10.5. The van der Waals surface area contributed by atoms with Crippen LogP contribution in [0.5, 0.6) is 0 Å². The summed E-state index contributed by atoms with van der Waals surface area (Å²) in [4.78, 5) is 30.8. The Morgan fingerprint density at radius 1 is 1.30 bits per heavy atom. The summed E-state index contributed by atoms with van der Waals surface area (Å²) in [5.74, 6) is -0.260. The fraction of sp³-hybridized carbons (Fsp3) is 0.700. The van der Waals surface area contributed by atoms with Crippen LogP contribution < -0.4 is 5.32 Å². The molecular formula is C20H39N2O7P. The number of carbonyl (C=O) groups is 2. The maximum atomic E-state index is 11.1. The number of hydrogen-bond acceptors (Lipinski definition) is 6. The maximum Gasteiger partial charge on any atom is 0.324 e. The molecule has 0 heterocycles. The molecule has 0 spiro atoms. The molecule has 0 aromatic rings. The van der Waals surface area contributed by atoms with Crippen molar-refractivity contribution in [3.63, 3.8) is 0 Å². The van der Waals surface area contributed by atoms with Crippen molar-refractivity contribution in [2.45, 2.75) is 72.1 Å². The third-order valence-corrected chi connectivity index (χ3v) is 3.66. The molecule has 0 saturated heterocycles. The van der Waals surface area contributed by atoms with Crippen molar-refractivity contribution in [1.82, 2.24) is 10.2 Å². The number of amides is 2. The summed E-state index contributed by atoms with van der Waals surface area (Å²) in [5, 5.41) is 26.3. The predicted octanol–water partition coefficient (Wildman–Crippen LogP) is 2.89. The van der Waals surface area contributed by atoms with Gasteiger partial charge >= 0.3 is 8.69 Å². The molecule has 2 amide bonds. The highest BCUT2D eigenvalue weighted by atomic mass is 31.1. The van der Waals surface area contributed by atoms with E-state index in [-0.39, 0.29) is 11.9 Å². The topological polar surface area (TPSA) is 147 Å². The van der Waals surface area contributed by atoms with Crippen molar-refractivity contribution in [3.8, 4) is 0 Å². The highest BCUT2D eigenvalue weighted by Crippen LogP contribution is 2.33. The van der Waals surface area contributed by atoms with E-state index in [9.17, 15) is 9.59 Å². The summed E-state index contributed by atoms with van der Waals surface area (Å²) >= 11 is 0. The Labute approximate surface area is 181 Å². The van der Waals surface area contributed by atoms with Crippen molar-refractivity contribution in [2.24, 2.45) is 11.8 Å². The van der Waals surface area contributed by atoms with Crippen LogP contribution in [0.15, 0.2) is 24.6 Å². The molecule has 176 valence electrons. The van der Waals surface area contributed by atoms with E-state index in [1.165, 1.54) is 32.8 Å². The first kappa shape index (κ1) is 32.9. The standard InChI is InChI=1S/C14H24N2O2.C3H8O2.C3H6O.HO2P/c1-11(2)8-12-4-5-13(9-12)16(10-17)7-6-14(18)15-3;1-3(2,4)5;1-2-3-4;1-3-2/h6-7,10-13H,4-5,8-9H2,1-3H3,(H,15,18);4-5H,1-2H3;2-4H,1H3;(H,1,2)/b7-6-;;3-2-;. The van der Waals surface area contributed by atoms with Crippen LogP contribution in [0.3, 0.4) is 0 Å². The van der Waals surface area contributed by atoms with Gasteiger partial charge < -0.3 is 30.4 Å². The number of rotatable bonds is 6. The lowest BCUT2D eigenvalue weighted by Crippen LogP contribution is -2.28. The van der Waals surface area contributed by atoms with Crippen LogP contribution in [-0.4, -0.2) is 56.3 Å². The van der Waals surface area contributed by atoms with Gasteiger partial charge in [0.05, 0.1) is 6.26 Å². The number of carbonyl (C=O) groups excluding carboxylic acids is 2. The normalized spacial score (nSPS) is 18.1. The molecule has 2 atom stereocenters. The zero-order valence-electron chi connectivity index (χ0n) is 18.9. The molecule has 1 saturated carbocycles.